The van der Waals surface area contributed by atoms with Crippen molar-refractivity contribution < 1.29 is 141 Å². The smallest absolute Gasteiger partial charge is 0 e. The molecule has 0 aliphatic rings. The molecule has 0 aliphatic carbocycles. The molecule has 12 heteroatoms. The molecule has 0 aliphatic heterocycles. The maximum atomic E-state index is 0. The van der Waals surface area contributed by atoms with Crippen molar-refractivity contribution in [1.82, 2.24) is 30.8 Å². The van der Waals surface area contributed by atoms with Crippen LogP contribution in [-0.4, -0.2) is 0 Å². The first-order valence-electron chi connectivity index (χ1n) is 0. The fraction of sp³-hybridized carbons (Fsp3) is 0. The fourth-order valence-electron chi connectivity index (χ4n) is 0. The van der Waals surface area contributed by atoms with Crippen molar-refractivity contribution in [2.24, 2.45) is 0 Å². The van der Waals surface area contributed by atoms with Gasteiger partial charge in [-0.3, -0.25) is 0 Å². The van der Waals surface area contributed by atoms with Gasteiger partial charge in [0.25, 0.3) is 0 Å². The van der Waals surface area contributed by atoms with E-state index >= 15 is 0 Å². The van der Waals surface area contributed by atoms with Crippen LogP contribution in [0.25, 0.3) is 0 Å². The maximum Gasteiger partial charge on any atom is 0 e. The third kappa shape index (κ3) is 136. The van der Waals surface area contributed by atoms with E-state index in [0.717, 1.165) is 0 Å². The van der Waals surface area contributed by atoms with Crippen molar-refractivity contribution in [1.29, 1.82) is 0 Å². The second-order valence-electron chi connectivity index (χ2n) is 0. The Labute approximate surface area is 168 Å². The molecule has 0 bridgehead atoms. The average molecular weight is 1000 g/mol. The molecule has 0 saturated heterocycles. The summed E-state index contributed by atoms with van der Waals surface area (Å²) in [5, 5.41) is 0. The van der Waals surface area contributed by atoms with Gasteiger partial charge in [-0.2, -0.15) is 0 Å². The van der Waals surface area contributed by atoms with Gasteiger partial charge in [0.15, 0.2) is 0 Å². The quantitative estimate of drug-likeness (QED) is 0.226. The molecule has 0 atom stereocenters. The Balaban J connectivity index is 0. The second-order valence-corrected chi connectivity index (χ2v) is 0. The molecule has 0 spiro atoms. The van der Waals surface area contributed by atoms with Crippen LogP contribution in [0.3, 0.4) is 0 Å². The van der Waals surface area contributed by atoms with Crippen molar-refractivity contribution in [3.63, 3.8) is 0 Å². The molecule has 0 aromatic rings. The van der Waals surface area contributed by atoms with E-state index < -0.39 is 0 Å². The molecule has 0 unspecified atom stereocenters. The van der Waals surface area contributed by atoms with Gasteiger partial charge >= 0.3 is 0 Å². The van der Waals surface area contributed by atoms with Crippen LogP contribution in [0.1, 0.15) is 0 Å². The van der Waals surface area contributed by atoms with Crippen molar-refractivity contribution in [3.8, 4) is 0 Å². The third-order valence-corrected chi connectivity index (χ3v) is 0. The number of hydrogen-bond acceptors (Lipinski definition) is 5. The Morgan fingerprint density at radius 3 is 0.250 bits per heavy atom. The molecule has 0 fully saturated rings. The molecule has 0 saturated carbocycles. The molecule has 0 heterocycles. The maximum absolute atomic E-state index is 0. The first kappa shape index (κ1) is 205. The third-order valence-electron chi connectivity index (χ3n) is 0. The predicted molar refractivity (Wildman–Crippen MR) is 25.1 cm³/mol. The summed E-state index contributed by atoms with van der Waals surface area (Å²) in [6, 6.07) is 0. The van der Waals surface area contributed by atoms with Crippen LogP contribution in [-0.2, 0) is 141 Å². The van der Waals surface area contributed by atoms with Crippen LogP contribution in [0, 0.1) is 0 Å². The summed E-state index contributed by atoms with van der Waals surface area (Å²) in [4.78, 5) is 0. The van der Waals surface area contributed by atoms with Gasteiger partial charge in [-0.05, 0) is 0 Å². The van der Waals surface area contributed by atoms with Crippen LogP contribution in [0.2, 0.25) is 0 Å². The minimum Gasteiger partial charge on any atom is -0.344 e. The van der Waals surface area contributed by atoms with E-state index in [0.29, 0.717) is 0 Å². The van der Waals surface area contributed by atoms with Gasteiger partial charge in [0.05, 0.1) is 0 Å². The van der Waals surface area contributed by atoms with Gasteiger partial charge in [0.1, 0.15) is 0 Å². The summed E-state index contributed by atoms with van der Waals surface area (Å²) in [6.45, 7) is 0. The van der Waals surface area contributed by atoms with E-state index in [4.69, 9.17) is 0 Å². The van der Waals surface area contributed by atoms with E-state index in [2.05, 4.69) is 0 Å². The van der Waals surface area contributed by atoms with Crippen LogP contribution in [0.15, 0.2) is 0 Å². The molecule has 0 rings (SSSR count). The average Bonchev–Trinajstić information content (AvgIpc) is 0. The Kier molecular flexibility index (Phi) is 2880. The molecule has 0 aromatic heterocycles. The van der Waals surface area contributed by atoms with E-state index in [1.807, 2.05) is 0 Å². The first-order valence-corrected chi connectivity index (χ1v) is 0. The molecule has 7 radical (unpaired) electrons. The summed E-state index contributed by atoms with van der Waals surface area (Å²) in [5.41, 5.74) is 0. The normalized spacial score (nSPS) is 0. The topological polar surface area (TPSA) is 175 Å². The van der Waals surface area contributed by atoms with Crippen molar-refractivity contribution >= 4 is 0 Å². The van der Waals surface area contributed by atoms with E-state index in [1.165, 1.54) is 0 Å². The van der Waals surface area contributed by atoms with Crippen molar-refractivity contribution in [2.75, 3.05) is 0 Å². The summed E-state index contributed by atoms with van der Waals surface area (Å²) in [6.07, 6.45) is 0. The zero-order valence-corrected chi connectivity index (χ0v) is 21.9. The Bertz CT molecular complexity index is 18.7. The first-order chi connectivity index (χ1) is 0. The minimum absolute atomic E-state index is 0. The van der Waals surface area contributed by atoms with Crippen molar-refractivity contribution in [2.45, 2.75) is 0 Å². The van der Waals surface area contributed by atoms with Crippen molar-refractivity contribution in [3.05, 3.63) is 0 Å². The summed E-state index contributed by atoms with van der Waals surface area (Å²) in [7, 11) is 0. The van der Waals surface area contributed by atoms with Gasteiger partial charge in [-0.25, -0.2) is 0 Å². The predicted octanol–water partition coefficient (Wildman–Crippen LogP) is 0.792. The van der Waals surface area contributed by atoms with Gasteiger partial charge < -0.3 is 30.8 Å². The van der Waals surface area contributed by atoms with Gasteiger partial charge in [0, 0.05) is 141 Å². The summed E-state index contributed by atoms with van der Waals surface area (Å²) < 4.78 is 0. The molecule has 12 heavy (non-hydrogen) atoms. The second kappa shape index (κ2) is 168. The molecule has 0 amide bonds. The largest absolute Gasteiger partial charge is 0.344 e. The molecule has 5 nitrogen and oxygen atoms in total. The summed E-state index contributed by atoms with van der Waals surface area (Å²) >= 11 is 0. The zero-order valence-electron chi connectivity index (χ0n) is 6.23. The molecule has 15 N–H and O–H groups in total. The molecular formula is H15Cu3N5Ta4. The standard InChI is InChI=1S/3Cu.5H3N.4Ta/h;;;5*1H3;;;;. The van der Waals surface area contributed by atoms with Gasteiger partial charge in [-0.1, -0.05) is 0 Å². The monoisotopic (exact) mass is 998 g/mol. The van der Waals surface area contributed by atoms with Gasteiger partial charge in [-0.15, -0.1) is 0 Å². The summed E-state index contributed by atoms with van der Waals surface area (Å²) in [5.74, 6) is 0. The van der Waals surface area contributed by atoms with Gasteiger partial charge in [0.2, 0.25) is 0 Å². The van der Waals surface area contributed by atoms with E-state index in [-0.39, 0.29) is 171 Å². The van der Waals surface area contributed by atoms with Crippen LogP contribution < -0.4 is 30.8 Å². The number of hydrogen-bond donors (Lipinski definition) is 5. The fourth-order valence-corrected chi connectivity index (χ4v) is 0. The van der Waals surface area contributed by atoms with Crippen LogP contribution in [0.5, 0.6) is 0 Å². The van der Waals surface area contributed by atoms with E-state index in [1.54, 1.807) is 0 Å². The van der Waals surface area contributed by atoms with E-state index in [9.17, 15) is 0 Å². The zero-order chi connectivity index (χ0) is 0. The van der Waals surface area contributed by atoms with Crippen LogP contribution in [0.4, 0.5) is 0 Å². The SMILES string of the molecule is N.N.N.N.N.[Cu].[Cu].[Cu].[Ta].[Ta].[Ta].[Ta]. The number of rotatable bonds is 0. The molecular weight excluding hydrogens is 984 g/mol. The Morgan fingerprint density at radius 1 is 0.250 bits per heavy atom. The molecule has 93 valence electrons. The van der Waals surface area contributed by atoms with Crippen LogP contribution >= 0.6 is 0 Å². The minimum atomic E-state index is 0. The Hall–Kier alpha value is 4.32. The Morgan fingerprint density at radius 2 is 0.250 bits per heavy atom. The molecule has 0 aromatic carbocycles.